The number of hydrogen-bond donors (Lipinski definition) is 0. The summed E-state index contributed by atoms with van der Waals surface area (Å²) in [6, 6.07) is 0. The summed E-state index contributed by atoms with van der Waals surface area (Å²) in [4.78, 5) is 20.6. The zero-order valence-corrected chi connectivity index (χ0v) is 19.3. The first-order valence-corrected chi connectivity index (χ1v) is 10.4. The van der Waals surface area contributed by atoms with Crippen LogP contribution >= 0.6 is 0 Å². The molecule has 0 aromatic carbocycles. The van der Waals surface area contributed by atoms with Crippen molar-refractivity contribution in [1.82, 2.24) is 0 Å². The highest BCUT2D eigenvalue weighted by Crippen LogP contribution is 2.39. The normalized spacial score (nSPS) is 32.5. The predicted molar refractivity (Wildman–Crippen MR) is 113 cm³/mol. The lowest BCUT2D eigenvalue weighted by molar-refractivity contribution is -0.178. The van der Waals surface area contributed by atoms with Crippen LogP contribution < -0.4 is 0 Å². The lowest BCUT2D eigenvalue weighted by Crippen LogP contribution is -2.45. The number of carbonyl (C=O) groups is 2. The van der Waals surface area contributed by atoms with Crippen LogP contribution in [-0.4, -0.2) is 73.4 Å². The van der Waals surface area contributed by atoms with E-state index in [0.29, 0.717) is 19.8 Å². The summed E-state index contributed by atoms with van der Waals surface area (Å²) in [6.07, 6.45) is -0.903. The van der Waals surface area contributed by atoms with Gasteiger partial charge < -0.3 is 33.2 Å². The largest absolute Gasteiger partial charge is 1.00 e. The topological polar surface area (TPSA) is 98.8 Å². The highest BCUT2D eigenvalue weighted by Gasteiger charge is 2.54. The summed E-state index contributed by atoms with van der Waals surface area (Å²) in [6.45, 7) is 15.8. The SMILES string of the molecule is C.CC1(C)OCC(C2OC(C)(C)OC2C2COC(C)(C)O2)O1.CCOC(=O)CC(C)=O.[H+]. The zero-order chi connectivity index (χ0) is 22.7. The fraction of sp³-hybridized carbons (Fsp3) is 0.909. The van der Waals surface area contributed by atoms with Crippen LogP contribution in [0.1, 0.15) is 70.7 Å². The van der Waals surface area contributed by atoms with Crippen LogP contribution in [0.4, 0.5) is 0 Å². The standard InChI is InChI=1S/C15H26O6.C6H10O3.CH4/c1-13(2)16-7-9(18-13)11-12(21-15(5,6)20-11)10-8-17-14(3,4)19-10;1-3-9-6(8)4-5(2)7;/h9-12H,7-8H2,1-6H3;3-4H2,1-2H3;1H4/p+1. The average Bonchev–Trinajstić information content (AvgIpc) is 3.22. The van der Waals surface area contributed by atoms with E-state index < -0.39 is 23.3 Å². The third kappa shape index (κ3) is 8.40. The second kappa shape index (κ2) is 10.7. The van der Waals surface area contributed by atoms with E-state index >= 15 is 0 Å². The molecule has 0 aromatic heterocycles. The quantitative estimate of drug-likeness (QED) is 0.463. The van der Waals surface area contributed by atoms with Crippen molar-refractivity contribution in [3.8, 4) is 0 Å². The molecule has 0 radical (unpaired) electrons. The van der Waals surface area contributed by atoms with Crippen LogP contribution in [0.15, 0.2) is 0 Å². The van der Waals surface area contributed by atoms with E-state index in [1.807, 2.05) is 41.5 Å². The third-order valence-electron chi connectivity index (χ3n) is 4.66. The lowest BCUT2D eigenvalue weighted by atomic mass is 10.0. The number of rotatable bonds is 5. The molecule has 0 spiro atoms. The summed E-state index contributed by atoms with van der Waals surface area (Å²) >= 11 is 0. The monoisotopic (exact) mass is 449 g/mol. The number of esters is 1. The molecule has 0 aromatic rings. The Morgan fingerprint density at radius 2 is 1.26 bits per heavy atom. The van der Waals surface area contributed by atoms with E-state index in [9.17, 15) is 9.59 Å². The summed E-state index contributed by atoms with van der Waals surface area (Å²) in [7, 11) is 0. The van der Waals surface area contributed by atoms with Crippen molar-refractivity contribution >= 4 is 11.8 Å². The highest BCUT2D eigenvalue weighted by atomic mass is 16.8. The molecule has 0 bridgehead atoms. The fourth-order valence-corrected chi connectivity index (χ4v) is 3.56. The minimum absolute atomic E-state index is 0. The van der Waals surface area contributed by atoms with Crippen LogP contribution in [0, 0.1) is 0 Å². The van der Waals surface area contributed by atoms with E-state index in [1.54, 1.807) is 6.92 Å². The molecule has 4 atom stereocenters. The Morgan fingerprint density at radius 1 is 0.839 bits per heavy atom. The first-order valence-electron chi connectivity index (χ1n) is 10.4. The number of ether oxygens (including phenoxy) is 7. The minimum atomic E-state index is -0.665. The Morgan fingerprint density at radius 3 is 1.55 bits per heavy atom. The van der Waals surface area contributed by atoms with Crippen molar-refractivity contribution < 1.29 is 44.2 Å². The van der Waals surface area contributed by atoms with E-state index in [2.05, 4.69) is 4.74 Å². The second-order valence-corrected chi connectivity index (χ2v) is 8.98. The van der Waals surface area contributed by atoms with Crippen LogP contribution in [0.3, 0.4) is 0 Å². The first kappa shape index (κ1) is 27.9. The van der Waals surface area contributed by atoms with Crippen molar-refractivity contribution in [3.63, 3.8) is 0 Å². The maximum absolute atomic E-state index is 10.4. The Kier molecular flexibility index (Phi) is 9.62. The van der Waals surface area contributed by atoms with Gasteiger partial charge in [0.25, 0.3) is 0 Å². The molecule has 3 rings (SSSR count). The second-order valence-electron chi connectivity index (χ2n) is 8.98. The van der Waals surface area contributed by atoms with Gasteiger partial charge in [-0.25, -0.2) is 0 Å². The van der Waals surface area contributed by atoms with Crippen LogP contribution in [-0.2, 0) is 42.7 Å². The fourth-order valence-electron chi connectivity index (χ4n) is 3.56. The molecule has 3 fully saturated rings. The lowest BCUT2D eigenvalue weighted by Gasteiger charge is -2.26. The highest BCUT2D eigenvalue weighted by molar-refractivity contribution is 5.94. The molecule has 9 nitrogen and oxygen atoms in total. The molecular formula is C22H41O9+. The van der Waals surface area contributed by atoms with Crippen LogP contribution in [0.2, 0.25) is 0 Å². The van der Waals surface area contributed by atoms with Gasteiger partial charge in [0.05, 0.1) is 19.8 Å². The molecule has 3 heterocycles. The van der Waals surface area contributed by atoms with Crippen molar-refractivity contribution in [3.05, 3.63) is 0 Å². The van der Waals surface area contributed by atoms with Gasteiger partial charge in [-0.1, -0.05) is 7.43 Å². The van der Waals surface area contributed by atoms with E-state index in [0.717, 1.165) is 0 Å². The summed E-state index contributed by atoms with van der Waals surface area (Å²) in [5.74, 6) is -2.44. The maximum Gasteiger partial charge on any atom is 1.00 e. The van der Waals surface area contributed by atoms with E-state index in [-0.39, 0.29) is 45.5 Å². The predicted octanol–water partition coefficient (Wildman–Crippen LogP) is 3.09. The van der Waals surface area contributed by atoms with Gasteiger partial charge in [0, 0.05) is 0 Å². The molecule has 4 unspecified atom stereocenters. The Labute approximate surface area is 187 Å². The smallest absolute Gasteiger partial charge is 0.466 e. The molecule has 3 saturated heterocycles. The van der Waals surface area contributed by atoms with Gasteiger partial charge >= 0.3 is 7.40 Å². The van der Waals surface area contributed by atoms with E-state index in [1.165, 1.54) is 6.92 Å². The average molecular weight is 450 g/mol. The van der Waals surface area contributed by atoms with Gasteiger partial charge in [0.15, 0.2) is 17.4 Å². The summed E-state index contributed by atoms with van der Waals surface area (Å²) < 4.78 is 39.8. The van der Waals surface area contributed by atoms with Gasteiger partial charge in [0.2, 0.25) is 0 Å². The minimum Gasteiger partial charge on any atom is -0.466 e. The Hall–Kier alpha value is -1.10. The molecule has 0 aliphatic carbocycles. The number of carbonyl (C=O) groups excluding carboxylic acids is 2. The molecule has 9 heteroatoms. The van der Waals surface area contributed by atoms with Crippen molar-refractivity contribution in [2.45, 2.75) is 111 Å². The van der Waals surface area contributed by atoms with E-state index in [4.69, 9.17) is 28.4 Å². The number of hydrogen-bond acceptors (Lipinski definition) is 9. The molecule has 3 aliphatic rings. The van der Waals surface area contributed by atoms with Gasteiger partial charge in [-0.2, -0.15) is 0 Å². The number of ketones is 1. The van der Waals surface area contributed by atoms with Crippen molar-refractivity contribution in [2.75, 3.05) is 19.8 Å². The molecular weight excluding hydrogens is 408 g/mol. The zero-order valence-electron chi connectivity index (χ0n) is 20.3. The third-order valence-corrected chi connectivity index (χ3v) is 4.66. The Bertz CT molecular complexity index is 585. The molecule has 182 valence electrons. The molecule has 3 aliphatic heterocycles. The van der Waals surface area contributed by atoms with Gasteiger partial charge in [-0.15, -0.1) is 0 Å². The van der Waals surface area contributed by atoms with Gasteiger partial charge in [-0.3, -0.25) is 9.59 Å². The van der Waals surface area contributed by atoms with Crippen molar-refractivity contribution in [2.24, 2.45) is 0 Å². The van der Waals surface area contributed by atoms with Gasteiger partial charge in [0.1, 0.15) is 36.6 Å². The van der Waals surface area contributed by atoms with Crippen LogP contribution in [0.25, 0.3) is 0 Å². The maximum atomic E-state index is 10.4. The summed E-state index contributed by atoms with van der Waals surface area (Å²) in [5, 5.41) is 0. The van der Waals surface area contributed by atoms with Crippen molar-refractivity contribution in [1.29, 1.82) is 0 Å². The summed E-state index contributed by atoms with van der Waals surface area (Å²) in [5.41, 5.74) is 0. The van der Waals surface area contributed by atoms with Gasteiger partial charge in [-0.05, 0) is 55.4 Å². The number of Topliss-reactive ketones (excluding diaryl/α,β-unsaturated/α-hetero) is 1. The molecule has 0 N–H and O–H groups in total. The Balaban J connectivity index is 0.000000756. The molecule has 0 amide bonds. The van der Waals surface area contributed by atoms with Crippen LogP contribution in [0.5, 0.6) is 0 Å². The first-order chi connectivity index (χ1) is 13.7. The molecule has 0 saturated carbocycles. The molecule has 31 heavy (non-hydrogen) atoms.